The van der Waals surface area contributed by atoms with Crippen LogP contribution in [0.3, 0.4) is 0 Å². The van der Waals surface area contributed by atoms with Crippen LogP contribution in [0.25, 0.3) is 10.7 Å². The number of amides is 1. The molecule has 4 aromatic heterocycles. The van der Waals surface area contributed by atoms with Crippen LogP contribution in [0.15, 0.2) is 46.0 Å². The molecule has 0 unspecified atom stereocenters. The maximum absolute atomic E-state index is 12.8. The second-order valence-electron chi connectivity index (χ2n) is 6.49. The summed E-state index contributed by atoms with van der Waals surface area (Å²) in [6.45, 7) is 0. The van der Waals surface area contributed by atoms with Crippen LogP contribution in [0.5, 0.6) is 5.75 Å². The number of hydrogen-bond acceptors (Lipinski definition) is 10. The number of nitrogens with zero attached hydrogens (tertiary/aromatic N) is 5. The quantitative estimate of drug-likeness (QED) is 0.420. The van der Waals surface area contributed by atoms with E-state index in [2.05, 4.69) is 25.8 Å². The molecule has 1 amide bonds. The van der Waals surface area contributed by atoms with Gasteiger partial charge in [-0.2, -0.15) is 5.26 Å². The SMILES string of the molecule is COc1c(Nc2cnccc2C#N)cc(C(=O)Nc2nnc(-c3c(Cl)ccn3C)s2)oc1=O. The summed E-state index contributed by atoms with van der Waals surface area (Å²) in [6.07, 6.45) is 4.64. The molecule has 4 rings (SSSR count). The summed E-state index contributed by atoms with van der Waals surface area (Å²) >= 11 is 7.28. The van der Waals surface area contributed by atoms with Crippen LogP contribution < -0.4 is 21.0 Å². The summed E-state index contributed by atoms with van der Waals surface area (Å²) in [6, 6.07) is 6.51. The lowest BCUT2D eigenvalue weighted by Crippen LogP contribution is -2.17. The van der Waals surface area contributed by atoms with E-state index in [-0.39, 0.29) is 27.9 Å². The van der Waals surface area contributed by atoms with Crippen LogP contribution in [-0.4, -0.2) is 32.8 Å². The fraction of sp³-hybridized carbons (Fsp3) is 0.100. The Bertz CT molecular complexity index is 1430. The minimum Gasteiger partial charge on any atom is -0.488 e. The van der Waals surface area contributed by atoms with Gasteiger partial charge in [-0.25, -0.2) is 4.79 Å². The number of halogens is 1. The second kappa shape index (κ2) is 9.11. The minimum atomic E-state index is -0.886. The van der Waals surface area contributed by atoms with Gasteiger partial charge in [0, 0.05) is 25.5 Å². The second-order valence-corrected chi connectivity index (χ2v) is 7.88. The third kappa shape index (κ3) is 4.40. The number of carbonyl (C=O) groups is 1. The van der Waals surface area contributed by atoms with E-state index in [1.165, 1.54) is 31.6 Å². The average molecular weight is 484 g/mol. The Balaban J connectivity index is 1.62. The third-order valence-corrected chi connectivity index (χ3v) is 5.57. The van der Waals surface area contributed by atoms with Gasteiger partial charge in [0.2, 0.25) is 10.9 Å². The Hall–Kier alpha value is -4.21. The fourth-order valence-corrected chi connectivity index (χ4v) is 4.07. The van der Waals surface area contributed by atoms with Crippen molar-refractivity contribution >= 4 is 45.4 Å². The Labute approximate surface area is 195 Å². The van der Waals surface area contributed by atoms with Crippen LogP contribution in [0.2, 0.25) is 5.02 Å². The Kier molecular flexibility index (Phi) is 6.07. The van der Waals surface area contributed by atoms with E-state index in [9.17, 15) is 14.9 Å². The standard InChI is InChI=1S/C20H14ClN7O4S/c1-28-6-4-11(21)15(28)18-26-27-20(33-18)25-17(29)14-7-12(16(31-2)19(30)32-14)24-13-9-23-5-3-10(13)8-22/h3-7,9,24H,1-2H3,(H,25,27,29). The maximum atomic E-state index is 12.8. The van der Waals surface area contributed by atoms with E-state index in [0.717, 1.165) is 11.3 Å². The zero-order valence-electron chi connectivity index (χ0n) is 17.1. The van der Waals surface area contributed by atoms with Crippen molar-refractivity contribution in [2.45, 2.75) is 0 Å². The Morgan fingerprint density at radius 2 is 2.15 bits per heavy atom. The van der Waals surface area contributed by atoms with Crippen LogP contribution in [0.1, 0.15) is 16.1 Å². The van der Waals surface area contributed by atoms with Crippen LogP contribution in [0.4, 0.5) is 16.5 Å². The molecule has 0 aliphatic rings. The molecule has 0 aliphatic carbocycles. The summed E-state index contributed by atoms with van der Waals surface area (Å²) in [5.41, 5.74) is 0.498. The van der Waals surface area contributed by atoms with Crippen molar-refractivity contribution in [3.63, 3.8) is 0 Å². The number of ether oxygens (including phenoxy) is 1. The molecular formula is C20H14ClN7O4S. The van der Waals surface area contributed by atoms with Crippen molar-refractivity contribution in [3.05, 3.63) is 63.6 Å². The number of aryl methyl sites for hydroxylation is 1. The molecule has 0 aliphatic heterocycles. The molecule has 166 valence electrons. The lowest BCUT2D eigenvalue weighted by molar-refractivity contribution is 0.0991. The number of rotatable bonds is 6. The number of carbonyl (C=O) groups excluding carboxylic acids is 1. The molecule has 0 fully saturated rings. The number of nitriles is 1. The highest BCUT2D eigenvalue weighted by molar-refractivity contribution is 7.18. The summed E-state index contributed by atoms with van der Waals surface area (Å²) in [4.78, 5) is 29.1. The van der Waals surface area contributed by atoms with E-state index in [1.54, 1.807) is 23.9 Å². The van der Waals surface area contributed by atoms with Gasteiger partial charge in [-0.15, -0.1) is 10.2 Å². The normalized spacial score (nSPS) is 10.5. The van der Waals surface area contributed by atoms with E-state index in [4.69, 9.17) is 20.8 Å². The number of nitrogens with one attached hydrogen (secondary N) is 2. The van der Waals surface area contributed by atoms with Crippen LogP contribution >= 0.6 is 22.9 Å². The summed E-state index contributed by atoms with van der Waals surface area (Å²) < 4.78 is 12.0. The first kappa shape index (κ1) is 22.0. The Morgan fingerprint density at radius 1 is 1.33 bits per heavy atom. The molecule has 0 saturated heterocycles. The van der Waals surface area contributed by atoms with Crippen LogP contribution in [-0.2, 0) is 7.05 Å². The number of aromatic nitrogens is 4. The first-order chi connectivity index (χ1) is 15.9. The lowest BCUT2D eigenvalue weighted by Gasteiger charge is -2.11. The smallest absolute Gasteiger partial charge is 0.381 e. The molecule has 2 N–H and O–H groups in total. The number of hydrogen-bond donors (Lipinski definition) is 2. The molecule has 0 saturated carbocycles. The first-order valence-electron chi connectivity index (χ1n) is 9.20. The number of anilines is 3. The predicted octanol–water partition coefficient (Wildman–Crippen LogP) is 3.42. The van der Waals surface area contributed by atoms with Gasteiger partial charge in [-0.1, -0.05) is 22.9 Å². The summed E-state index contributed by atoms with van der Waals surface area (Å²) in [7, 11) is 3.09. The molecule has 11 nitrogen and oxygen atoms in total. The van der Waals surface area contributed by atoms with Gasteiger partial charge in [-0.3, -0.25) is 15.1 Å². The van der Waals surface area contributed by atoms with Gasteiger partial charge < -0.3 is 19.0 Å². The maximum Gasteiger partial charge on any atom is 0.381 e. The van der Waals surface area contributed by atoms with Crippen molar-refractivity contribution in [1.29, 1.82) is 5.26 Å². The zero-order chi connectivity index (χ0) is 23.5. The highest BCUT2D eigenvalue weighted by atomic mass is 35.5. The van der Waals surface area contributed by atoms with Gasteiger partial charge in [0.15, 0.2) is 10.8 Å². The van der Waals surface area contributed by atoms with E-state index >= 15 is 0 Å². The van der Waals surface area contributed by atoms with Crippen molar-refractivity contribution < 1.29 is 13.9 Å². The largest absolute Gasteiger partial charge is 0.488 e. The highest BCUT2D eigenvalue weighted by Crippen LogP contribution is 2.32. The van der Waals surface area contributed by atoms with Crippen molar-refractivity contribution in [2.75, 3.05) is 17.7 Å². The average Bonchev–Trinajstić information content (AvgIpc) is 3.39. The van der Waals surface area contributed by atoms with Crippen molar-refractivity contribution in [2.24, 2.45) is 7.05 Å². The Morgan fingerprint density at radius 3 is 2.85 bits per heavy atom. The predicted molar refractivity (Wildman–Crippen MR) is 121 cm³/mol. The molecule has 0 aromatic carbocycles. The molecule has 33 heavy (non-hydrogen) atoms. The van der Waals surface area contributed by atoms with Crippen LogP contribution in [0, 0.1) is 11.3 Å². The lowest BCUT2D eigenvalue weighted by atomic mass is 10.2. The summed E-state index contributed by atoms with van der Waals surface area (Å²) in [5, 5.41) is 23.9. The first-order valence-corrected chi connectivity index (χ1v) is 10.4. The van der Waals surface area contributed by atoms with Gasteiger partial charge in [0.25, 0.3) is 5.91 Å². The van der Waals surface area contributed by atoms with Crippen molar-refractivity contribution in [3.8, 4) is 22.5 Å². The zero-order valence-corrected chi connectivity index (χ0v) is 18.7. The van der Waals surface area contributed by atoms with Gasteiger partial charge >= 0.3 is 5.63 Å². The van der Waals surface area contributed by atoms with Gasteiger partial charge in [0.05, 0.1) is 41.0 Å². The fourth-order valence-electron chi connectivity index (χ4n) is 2.90. The molecule has 4 heterocycles. The molecule has 0 spiro atoms. The molecule has 0 radical (unpaired) electrons. The van der Waals surface area contributed by atoms with Gasteiger partial charge in [-0.05, 0) is 12.1 Å². The topological polar surface area (TPSA) is 148 Å². The third-order valence-electron chi connectivity index (χ3n) is 4.42. The number of pyridine rings is 1. The summed E-state index contributed by atoms with van der Waals surface area (Å²) in [5.74, 6) is -1.21. The molecular weight excluding hydrogens is 470 g/mol. The van der Waals surface area contributed by atoms with Gasteiger partial charge in [0.1, 0.15) is 6.07 Å². The molecule has 13 heteroatoms. The molecule has 0 atom stereocenters. The van der Waals surface area contributed by atoms with E-state index in [0.29, 0.717) is 21.4 Å². The van der Waals surface area contributed by atoms with E-state index < -0.39 is 11.5 Å². The van der Waals surface area contributed by atoms with E-state index in [1.807, 2.05) is 6.07 Å². The minimum absolute atomic E-state index is 0.122. The highest BCUT2D eigenvalue weighted by Gasteiger charge is 2.20. The van der Waals surface area contributed by atoms with Crippen molar-refractivity contribution in [1.82, 2.24) is 19.7 Å². The number of methoxy groups -OCH3 is 1. The monoisotopic (exact) mass is 483 g/mol. The molecule has 4 aromatic rings. The molecule has 0 bridgehead atoms.